The Bertz CT molecular complexity index is 478. The van der Waals surface area contributed by atoms with Crippen molar-refractivity contribution in [3.63, 3.8) is 0 Å². The number of ketones is 1. The van der Waals surface area contributed by atoms with E-state index in [2.05, 4.69) is 4.90 Å². The molecule has 0 radical (unpaired) electrons. The van der Waals surface area contributed by atoms with Gasteiger partial charge in [-0.25, -0.2) is 0 Å². The molecule has 0 atom stereocenters. The van der Waals surface area contributed by atoms with E-state index in [4.69, 9.17) is 16.7 Å². The zero-order valence-corrected chi connectivity index (χ0v) is 12.0. The predicted molar refractivity (Wildman–Crippen MR) is 77.2 cm³/mol. The number of hydrogen-bond donors (Lipinski definition) is 1. The third-order valence-corrected chi connectivity index (χ3v) is 4.01. The van der Waals surface area contributed by atoms with E-state index in [0.29, 0.717) is 36.4 Å². The molecule has 1 aliphatic rings. The Morgan fingerprint density at radius 3 is 2.35 bits per heavy atom. The molecule has 2 rings (SSSR count). The van der Waals surface area contributed by atoms with Crippen LogP contribution in [0.15, 0.2) is 24.3 Å². The van der Waals surface area contributed by atoms with Gasteiger partial charge in [0, 0.05) is 23.6 Å². The van der Waals surface area contributed by atoms with Gasteiger partial charge in [-0.1, -0.05) is 11.6 Å². The highest BCUT2D eigenvalue weighted by Gasteiger charge is 2.24. The van der Waals surface area contributed by atoms with Crippen LogP contribution in [0.4, 0.5) is 0 Å². The zero-order chi connectivity index (χ0) is 14.5. The third-order valence-electron chi connectivity index (χ3n) is 3.76. The van der Waals surface area contributed by atoms with Crippen molar-refractivity contribution in [2.75, 3.05) is 19.6 Å². The molecule has 1 heterocycles. The van der Waals surface area contributed by atoms with Crippen molar-refractivity contribution in [1.29, 1.82) is 0 Å². The predicted octanol–water partition coefficient (Wildman–Crippen LogP) is 2.71. The average Bonchev–Trinajstić information content (AvgIpc) is 2.46. The largest absolute Gasteiger partial charge is 0.481 e. The molecule has 20 heavy (non-hydrogen) atoms. The van der Waals surface area contributed by atoms with Gasteiger partial charge in [0.25, 0.3) is 0 Å². The second kappa shape index (κ2) is 6.86. The van der Waals surface area contributed by atoms with Crippen molar-refractivity contribution in [2.45, 2.75) is 19.3 Å². The number of carboxylic acids is 1. The van der Waals surface area contributed by atoms with E-state index in [-0.39, 0.29) is 11.7 Å². The van der Waals surface area contributed by atoms with Crippen LogP contribution in [0.5, 0.6) is 0 Å². The first-order valence-electron chi connectivity index (χ1n) is 6.80. The number of nitrogens with zero attached hydrogens (tertiary/aromatic N) is 1. The molecule has 1 saturated heterocycles. The number of halogens is 1. The Morgan fingerprint density at radius 2 is 1.80 bits per heavy atom. The fraction of sp³-hybridized carbons (Fsp3) is 0.467. The van der Waals surface area contributed by atoms with Gasteiger partial charge in [0.2, 0.25) is 0 Å². The zero-order valence-electron chi connectivity index (χ0n) is 11.2. The van der Waals surface area contributed by atoms with Gasteiger partial charge in [-0.3, -0.25) is 9.59 Å². The highest BCUT2D eigenvalue weighted by atomic mass is 35.5. The summed E-state index contributed by atoms with van der Waals surface area (Å²) in [6, 6.07) is 6.91. The van der Waals surface area contributed by atoms with Gasteiger partial charge in [0.05, 0.1) is 5.92 Å². The Balaban J connectivity index is 1.77. The lowest BCUT2D eigenvalue weighted by molar-refractivity contribution is -0.143. The summed E-state index contributed by atoms with van der Waals surface area (Å²) in [5.41, 5.74) is 0.676. The van der Waals surface area contributed by atoms with Gasteiger partial charge in [-0.15, -0.1) is 0 Å². The van der Waals surface area contributed by atoms with Crippen LogP contribution in [0.2, 0.25) is 5.02 Å². The standard InChI is InChI=1S/C15H18ClNO3/c16-13-3-1-11(2-4-13)14(18)7-10-17-8-5-12(6-9-17)15(19)20/h1-4,12H,5-10H2,(H,19,20). The van der Waals surface area contributed by atoms with Gasteiger partial charge >= 0.3 is 5.97 Å². The quantitative estimate of drug-likeness (QED) is 0.849. The third kappa shape index (κ3) is 4.05. The molecule has 0 amide bonds. The number of likely N-dealkylation sites (tertiary alicyclic amines) is 1. The summed E-state index contributed by atoms with van der Waals surface area (Å²) < 4.78 is 0. The molecule has 108 valence electrons. The molecule has 0 spiro atoms. The molecular formula is C15H18ClNO3. The molecule has 1 aromatic rings. The van der Waals surface area contributed by atoms with Crippen LogP contribution in [0.3, 0.4) is 0 Å². The van der Waals surface area contributed by atoms with Gasteiger partial charge in [0.15, 0.2) is 5.78 Å². The number of carboxylic acid groups (broad SMARTS) is 1. The molecule has 0 saturated carbocycles. The highest BCUT2D eigenvalue weighted by molar-refractivity contribution is 6.30. The van der Waals surface area contributed by atoms with Crippen molar-refractivity contribution < 1.29 is 14.7 Å². The number of carbonyl (C=O) groups is 2. The number of hydrogen-bond acceptors (Lipinski definition) is 3. The summed E-state index contributed by atoms with van der Waals surface area (Å²) in [5.74, 6) is -0.831. The second-order valence-electron chi connectivity index (χ2n) is 5.13. The Morgan fingerprint density at radius 1 is 1.20 bits per heavy atom. The minimum atomic E-state index is -0.707. The average molecular weight is 296 g/mol. The van der Waals surface area contributed by atoms with E-state index in [0.717, 1.165) is 13.1 Å². The smallest absolute Gasteiger partial charge is 0.306 e. The van der Waals surface area contributed by atoms with Crippen LogP contribution in [0.25, 0.3) is 0 Å². The van der Waals surface area contributed by atoms with Crippen molar-refractivity contribution in [1.82, 2.24) is 4.90 Å². The molecule has 1 fully saturated rings. The van der Waals surface area contributed by atoms with E-state index in [9.17, 15) is 9.59 Å². The van der Waals surface area contributed by atoms with Crippen molar-refractivity contribution in [3.8, 4) is 0 Å². The molecule has 0 aromatic heterocycles. The minimum absolute atomic E-state index is 0.0991. The van der Waals surface area contributed by atoms with E-state index in [1.807, 2.05) is 0 Å². The van der Waals surface area contributed by atoms with Gasteiger partial charge in [-0.05, 0) is 50.2 Å². The van der Waals surface area contributed by atoms with E-state index < -0.39 is 5.97 Å². The van der Waals surface area contributed by atoms with Crippen LogP contribution in [0, 0.1) is 5.92 Å². The van der Waals surface area contributed by atoms with Crippen LogP contribution < -0.4 is 0 Å². The van der Waals surface area contributed by atoms with Crippen LogP contribution in [0.1, 0.15) is 29.6 Å². The van der Waals surface area contributed by atoms with Gasteiger partial charge < -0.3 is 10.0 Å². The first-order valence-corrected chi connectivity index (χ1v) is 7.18. The first kappa shape index (κ1) is 15.0. The molecule has 4 nitrogen and oxygen atoms in total. The number of benzene rings is 1. The van der Waals surface area contributed by atoms with E-state index in [1.165, 1.54) is 0 Å². The number of aliphatic carboxylic acids is 1. The van der Waals surface area contributed by atoms with Crippen molar-refractivity contribution >= 4 is 23.4 Å². The van der Waals surface area contributed by atoms with Crippen LogP contribution in [-0.4, -0.2) is 41.4 Å². The summed E-state index contributed by atoms with van der Waals surface area (Å²) in [6.07, 6.45) is 1.80. The van der Waals surface area contributed by atoms with Crippen molar-refractivity contribution in [2.24, 2.45) is 5.92 Å². The lowest BCUT2D eigenvalue weighted by Gasteiger charge is -2.29. The van der Waals surface area contributed by atoms with E-state index in [1.54, 1.807) is 24.3 Å². The number of Topliss-reactive ketones (excluding diaryl/α,β-unsaturated/α-hetero) is 1. The number of rotatable bonds is 5. The Kier molecular flexibility index (Phi) is 5.15. The number of piperidine rings is 1. The maximum Gasteiger partial charge on any atom is 0.306 e. The topological polar surface area (TPSA) is 57.6 Å². The highest BCUT2D eigenvalue weighted by Crippen LogP contribution is 2.18. The minimum Gasteiger partial charge on any atom is -0.481 e. The molecular weight excluding hydrogens is 278 g/mol. The van der Waals surface area contributed by atoms with Gasteiger partial charge in [-0.2, -0.15) is 0 Å². The lowest BCUT2D eigenvalue weighted by Crippen LogP contribution is -2.37. The molecule has 0 unspecified atom stereocenters. The molecule has 1 N–H and O–H groups in total. The lowest BCUT2D eigenvalue weighted by atomic mass is 9.97. The second-order valence-corrected chi connectivity index (χ2v) is 5.57. The fourth-order valence-electron chi connectivity index (χ4n) is 2.44. The molecule has 0 bridgehead atoms. The summed E-state index contributed by atoms with van der Waals surface area (Å²) in [7, 11) is 0. The monoisotopic (exact) mass is 295 g/mol. The fourth-order valence-corrected chi connectivity index (χ4v) is 2.57. The Labute approximate surface area is 123 Å². The summed E-state index contributed by atoms with van der Waals surface area (Å²) >= 11 is 5.79. The van der Waals surface area contributed by atoms with E-state index >= 15 is 0 Å². The molecule has 0 aliphatic carbocycles. The normalized spacial score (nSPS) is 17.1. The SMILES string of the molecule is O=C(CCN1CCC(C(=O)O)CC1)c1ccc(Cl)cc1. The summed E-state index contributed by atoms with van der Waals surface area (Å²) in [6.45, 7) is 2.20. The molecule has 1 aromatic carbocycles. The number of carbonyl (C=O) groups excluding carboxylic acids is 1. The van der Waals surface area contributed by atoms with Crippen molar-refractivity contribution in [3.05, 3.63) is 34.9 Å². The maximum absolute atomic E-state index is 12.0. The maximum atomic E-state index is 12.0. The Hall–Kier alpha value is -1.39. The van der Waals surface area contributed by atoms with Crippen LogP contribution >= 0.6 is 11.6 Å². The summed E-state index contributed by atoms with van der Waals surface area (Å²) in [4.78, 5) is 25.0. The molecule has 1 aliphatic heterocycles. The molecule has 5 heteroatoms. The van der Waals surface area contributed by atoms with Crippen LogP contribution in [-0.2, 0) is 4.79 Å². The first-order chi connectivity index (χ1) is 9.56. The summed E-state index contributed by atoms with van der Waals surface area (Å²) in [5, 5.41) is 9.55. The van der Waals surface area contributed by atoms with Gasteiger partial charge in [0.1, 0.15) is 0 Å².